The molecule has 1 amide bonds. The van der Waals surface area contributed by atoms with Crippen LogP contribution in [0.15, 0.2) is 18.2 Å². The zero-order valence-electron chi connectivity index (χ0n) is 14.7. The quantitative estimate of drug-likeness (QED) is 0.736. The van der Waals surface area contributed by atoms with E-state index in [1.165, 1.54) is 10.4 Å². The second kappa shape index (κ2) is 7.86. The SMILES string of the molecule is CCCC(C)NC(=O)COC(=O)c1ccc2c(c1)CCN2S(C)(=O)=O. The van der Waals surface area contributed by atoms with Crippen molar-refractivity contribution in [2.24, 2.45) is 0 Å². The first-order chi connectivity index (χ1) is 11.7. The molecule has 8 heteroatoms. The lowest BCUT2D eigenvalue weighted by molar-refractivity contribution is -0.124. The molecule has 1 N–H and O–H groups in total. The normalized spacial score (nSPS) is 14.8. The molecule has 25 heavy (non-hydrogen) atoms. The van der Waals surface area contributed by atoms with Crippen LogP contribution in [0.4, 0.5) is 5.69 Å². The maximum Gasteiger partial charge on any atom is 0.338 e. The standard InChI is InChI=1S/C17H24N2O5S/c1-4-5-12(2)18-16(20)11-24-17(21)14-6-7-15-13(10-14)8-9-19(15)25(3,22)23/h6-7,10,12H,4-5,8-9,11H2,1-3H3,(H,18,20). The number of nitrogens with zero attached hydrogens (tertiary/aromatic N) is 1. The second-order valence-corrected chi connectivity index (χ2v) is 8.17. The van der Waals surface area contributed by atoms with E-state index in [1.807, 2.05) is 13.8 Å². The minimum absolute atomic E-state index is 0.0400. The molecular formula is C17H24N2O5S. The van der Waals surface area contributed by atoms with Crippen LogP contribution in [0.1, 0.15) is 42.6 Å². The summed E-state index contributed by atoms with van der Waals surface area (Å²) in [6, 6.07) is 4.78. The van der Waals surface area contributed by atoms with Crippen LogP contribution in [-0.2, 0) is 26.0 Å². The molecule has 0 spiro atoms. The van der Waals surface area contributed by atoms with E-state index in [2.05, 4.69) is 5.32 Å². The van der Waals surface area contributed by atoms with Gasteiger partial charge in [-0.1, -0.05) is 13.3 Å². The van der Waals surface area contributed by atoms with Crippen molar-refractivity contribution in [3.63, 3.8) is 0 Å². The monoisotopic (exact) mass is 368 g/mol. The molecule has 0 saturated heterocycles. The van der Waals surface area contributed by atoms with Crippen LogP contribution in [0.2, 0.25) is 0 Å². The van der Waals surface area contributed by atoms with Crippen molar-refractivity contribution < 1.29 is 22.7 Å². The number of hydrogen-bond acceptors (Lipinski definition) is 5. The van der Waals surface area contributed by atoms with Crippen LogP contribution in [0.25, 0.3) is 0 Å². The van der Waals surface area contributed by atoms with Crippen molar-refractivity contribution in [2.45, 2.75) is 39.2 Å². The topological polar surface area (TPSA) is 92.8 Å². The van der Waals surface area contributed by atoms with E-state index >= 15 is 0 Å². The highest BCUT2D eigenvalue weighted by Gasteiger charge is 2.27. The fourth-order valence-corrected chi connectivity index (χ4v) is 3.84. The molecule has 1 unspecified atom stereocenters. The zero-order chi connectivity index (χ0) is 18.6. The van der Waals surface area contributed by atoms with Crippen LogP contribution >= 0.6 is 0 Å². The lowest BCUT2D eigenvalue weighted by Gasteiger charge is -2.16. The van der Waals surface area contributed by atoms with E-state index in [1.54, 1.807) is 12.1 Å². The lowest BCUT2D eigenvalue weighted by Crippen LogP contribution is -2.35. The highest BCUT2D eigenvalue weighted by molar-refractivity contribution is 7.92. The van der Waals surface area contributed by atoms with E-state index in [-0.39, 0.29) is 18.6 Å². The summed E-state index contributed by atoms with van der Waals surface area (Å²) in [6.45, 7) is 3.96. The maximum atomic E-state index is 12.1. The van der Waals surface area contributed by atoms with E-state index < -0.39 is 16.0 Å². The van der Waals surface area contributed by atoms with Crippen LogP contribution in [0.5, 0.6) is 0 Å². The fourth-order valence-electron chi connectivity index (χ4n) is 2.88. The number of anilines is 1. The van der Waals surface area contributed by atoms with E-state index in [4.69, 9.17) is 4.74 Å². The number of fused-ring (bicyclic) bond motifs is 1. The van der Waals surface area contributed by atoms with Crippen LogP contribution in [0, 0.1) is 0 Å². The van der Waals surface area contributed by atoms with Gasteiger partial charge in [0.1, 0.15) is 0 Å². The van der Waals surface area contributed by atoms with Crippen molar-refractivity contribution in [1.82, 2.24) is 5.32 Å². The minimum Gasteiger partial charge on any atom is -0.452 e. The third-order valence-electron chi connectivity index (χ3n) is 4.03. The number of esters is 1. The molecule has 1 aliphatic heterocycles. The van der Waals surface area contributed by atoms with Gasteiger partial charge in [0.05, 0.1) is 17.5 Å². The summed E-state index contributed by atoms with van der Waals surface area (Å²) < 4.78 is 29.8. The molecule has 1 aliphatic rings. The van der Waals surface area contributed by atoms with Gasteiger partial charge in [0.15, 0.2) is 6.61 Å². The number of rotatable bonds is 7. The Morgan fingerprint density at radius 1 is 1.36 bits per heavy atom. The number of carbonyl (C=O) groups is 2. The van der Waals surface area contributed by atoms with Crippen molar-refractivity contribution in [1.29, 1.82) is 0 Å². The summed E-state index contributed by atoms with van der Waals surface area (Å²) in [5.74, 6) is -0.933. The number of nitrogens with one attached hydrogen (secondary N) is 1. The predicted molar refractivity (Wildman–Crippen MR) is 95.1 cm³/mol. The lowest BCUT2D eigenvalue weighted by atomic mass is 10.1. The summed E-state index contributed by atoms with van der Waals surface area (Å²) in [5, 5.41) is 2.76. The predicted octanol–water partition coefficient (Wildman–Crippen LogP) is 1.47. The highest BCUT2D eigenvalue weighted by Crippen LogP contribution is 2.30. The number of hydrogen-bond donors (Lipinski definition) is 1. The van der Waals surface area contributed by atoms with Crippen LogP contribution < -0.4 is 9.62 Å². The molecule has 0 aromatic heterocycles. The van der Waals surface area contributed by atoms with Gasteiger partial charge in [-0.3, -0.25) is 9.10 Å². The van der Waals surface area contributed by atoms with Crippen LogP contribution in [0.3, 0.4) is 0 Å². The summed E-state index contributed by atoms with van der Waals surface area (Å²) >= 11 is 0. The molecule has 1 aromatic carbocycles. The van der Waals surface area contributed by atoms with Gasteiger partial charge >= 0.3 is 5.97 Å². The molecule has 0 fully saturated rings. The van der Waals surface area contributed by atoms with Gasteiger partial charge in [0.25, 0.3) is 5.91 Å². The zero-order valence-corrected chi connectivity index (χ0v) is 15.6. The number of ether oxygens (including phenoxy) is 1. The molecule has 0 radical (unpaired) electrons. The Morgan fingerprint density at radius 2 is 2.08 bits per heavy atom. The van der Waals surface area contributed by atoms with Gasteiger partial charge in [-0.2, -0.15) is 0 Å². The van der Waals surface area contributed by atoms with E-state index in [0.717, 1.165) is 24.7 Å². The van der Waals surface area contributed by atoms with Gasteiger partial charge in [0.2, 0.25) is 10.0 Å². The average Bonchev–Trinajstić information content (AvgIpc) is 2.95. The second-order valence-electron chi connectivity index (χ2n) is 6.26. The van der Waals surface area contributed by atoms with Gasteiger partial charge in [-0.15, -0.1) is 0 Å². The first-order valence-electron chi connectivity index (χ1n) is 8.29. The van der Waals surface area contributed by atoms with Crippen LogP contribution in [-0.4, -0.2) is 45.7 Å². The highest BCUT2D eigenvalue weighted by atomic mass is 32.2. The third-order valence-corrected chi connectivity index (χ3v) is 5.21. The molecule has 138 valence electrons. The summed E-state index contributed by atoms with van der Waals surface area (Å²) in [5.41, 5.74) is 1.68. The summed E-state index contributed by atoms with van der Waals surface area (Å²) in [7, 11) is -3.32. The Balaban J connectivity index is 1.97. The molecule has 2 rings (SSSR count). The Labute approximate surface area is 148 Å². The van der Waals surface area contributed by atoms with Crippen molar-refractivity contribution in [2.75, 3.05) is 23.7 Å². The third kappa shape index (κ3) is 4.94. The Bertz CT molecular complexity index is 760. The first-order valence-corrected chi connectivity index (χ1v) is 10.1. The van der Waals surface area contributed by atoms with Gasteiger partial charge in [-0.25, -0.2) is 13.2 Å². The Morgan fingerprint density at radius 3 is 2.72 bits per heavy atom. The average molecular weight is 368 g/mol. The molecule has 1 atom stereocenters. The number of sulfonamides is 1. The number of carbonyl (C=O) groups excluding carboxylic acids is 2. The summed E-state index contributed by atoms with van der Waals surface area (Å²) in [4.78, 5) is 23.8. The molecule has 1 aromatic rings. The first kappa shape index (κ1) is 19.2. The van der Waals surface area contributed by atoms with Gasteiger partial charge in [-0.05, 0) is 43.5 Å². The summed E-state index contributed by atoms with van der Waals surface area (Å²) in [6.07, 6.45) is 3.52. The molecule has 7 nitrogen and oxygen atoms in total. The van der Waals surface area contributed by atoms with Crippen molar-refractivity contribution in [3.8, 4) is 0 Å². The fraction of sp³-hybridized carbons (Fsp3) is 0.529. The van der Waals surface area contributed by atoms with E-state index in [9.17, 15) is 18.0 Å². The van der Waals surface area contributed by atoms with Gasteiger partial charge < -0.3 is 10.1 Å². The number of amides is 1. The molecule has 0 bridgehead atoms. The Kier molecular flexibility index (Phi) is 6.05. The molecule has 0 saturated carbocycles. The van der Waals surface area contributed by atoms with Gasteiger partial charge in [0, 0.05) is 12.6 Å². The molecule has 1 heterocycles. The minimum atomic E-state index is -3.32. The molecular weight excluding hydrogens is 344 g/mol. The van der Waals surface area contributed by atoms with Crippen molar-refractivity contribution >= 4 is 27.6 Å². The smallest absolute Gasteiger partial charge is 0.338 e. The largest absolute Gasteiger partial charge is 0.452 e. The Hall–Kier alpha value is -2.09. The number of benzene rings is 1. The van der Waals surface area contributed by atoms with Crippen molar-refractivity contribution in [3.05, 3.63) is 29.3 Å². The molecule has 0 aliphatic carbocycles. The van der Waals surface area contributed by atoms with E-state index in [0.29, 0.717) is 24.2 Å². The maximum absolute atomic E-state index is 12.1.